The second-order valence-electron chi connectivity index (χ2n) is 5.17. The Labute approximate surface area is 113 Å². The number of aliphatic hydroxyl groups excluding tert-OH is 2. The highest BCUT2D eigenvalue weighted by Gasteiger charge is 2.35. The first-order valence-corrected chi connectivity index (χ1v) is 6.79. The standard InChI is InChI=1S/C13H24O6/c1-8(5-3-4-6-12(16)17)18-13-11(15)7-10(14)9(2)19-13/h8-11,13-15H,3-7H2,1-2H3,(H,16,17)/t8-,9?,10-,11+,13-/m1/s1. The second-order valence-corrected chi connectivity index (χ2v) is 5.17. The van der Waals surface area contributed by atoms with Gasteiger partial charge in [0.25, 0.3) is 0 Å². The van der Waals surface area contributed by atoms with Crippen molar-refractivity contribution in [2.24, 2.45) is 0 Å². The molecule has 1 unspecified atom stereocenters. The highest BCUT2D eigenvalue weighted by atomic mass is 16.7. The molecule has 0 spiro atoms. The monoisotopic (exact) mass is 276 g/mol. The molecule has 0 amide bonds. The van der Waals surface area contributed by atoms with Gasteiger partial charge in [-0.25, -0.2) is 0 Å². The van der Waals surface area contributed by atoms with Gasteiger partial charge >= 0.3 is 5.97 Å². The quantitative estimate of drug-likeness (QED) is 0.598. The smallest absolute Gasteiger partial charge is 0.303 e. The number of unbranched alkanes of at least 4 members (excludes halogenated alkanes) is 1. The van der Waals surface area contributed by atoms with E-state index in [1.807, 2.05) is 6.92 Å². The van der Waals surface area contributed by atoms with Gasteiger partial charge < -0.3 is 24.8 Å². The van der Waals surface area contributed by atoms with E-state index in [-0.39, 0.29) is 25.0 Å². The van der Waals surface area contributed by atoms with Crippen LogP contribution in [0.3, 0.4) is 0 Å². The van der Waals surface area contributed by atoms with Crippen molar-refractivity contribution in [3.05, 3.63) is 0 Å². The summed E-state index contributed by atoms with van der Waals surface area (Å²) in [4.78, 5) is 10.4. The number of carbonyl (C=O) groups is 1. The fourth-order valence-electron chi connectivity index (χ4n) is 2.07. The molecule has 1 saturated heterocycles. The fourth-order valence-corrected chi connectivity index (χ4v) is 2.07. The van der Waals surface area contributed by atoms with E-state index in [9.17, 15) is 15.0 Å². The molecule has 6 nitrogen and oxygen atoms in total. The van der Waals surface area contributed by atoms with Crippen LogP contribution in [0.25, 0.3) is 0 Å². The van der Waals surface area contributed by atoms with Gasteiger partial charge in [0.1, 0.15) is 6.10 Å². The van der Waals surface area contributed by atoms with E-state index >= 15 is 0 Å². The molecule has 1 rings (SSSR count). The summed E-state index contributed by atoms with van der Waals surface area (Å²) < 4.78 is 11.0. The van der Waals surface area contributed by atoms with Crippen LogP contribution in [0.4, 0.5) is 0 Å². The van der Waals surface area contributed by atoms with Crippen molar-refractivity contribution in [1.82, 2.24) is 0 Å². The number of hydrogen-bond donors (Lipinski definition) is 3. The molecule has 5 atom stereocenters. The molecular formula is C13H24O6. The lowest BCUT2D eigenvalue weighted by Gasteiger charge is -2.36. The zero-order valence-corrected chi connectivity index (χ0v) is 11.5. The number of rotatable bonds is 7. The van der Waals surface area contributed by atoms with Gasteiger partial charge in [-0.2, -0.15) is 0 Å². The van der Waals surface area contributed by atoms with Crippen molar-refractivity contribution in [2.75, 3.05) is 0 Å². The number of carboxylic acids is 1. The Morgan fingerprint density at radius 3 is 2.68 bits per heavy atom. The van der Waals surface area contributed by atoms with Crippen LogP contribution in [0.5, 0.6) is 0 Å². The summed E-state index contributed by atoms with van der Waals surface area (Å²) in [5.74, 6) is -0.789. The summed E-state index contributed by atoms with van der Waals surface area (Å²) in [6.45, 7) is 3.61. The average Bonchev–Trinajstić information content (AvgIpc) is 2.31. The number of ether oxygens (including phenoxy) is 2. The van der Waals surface area contributed by atoms with Gasteiger partial charge in [-0.15, -0.1) is 0 Å². The Morgan fingerprint density at radius 1 is 1.37 bits per heavy atom. The van der Waals surface area contributed by atoms with Gasteiger partial charge in [-0.3, -0.25) is 4.79 Å². The Balaban J connectivity index is 2.23. The molecule has 1 aliphatic heterocycles. The highest BCUT2D eigenvalue weighted by Crippen LogP contribution is 2.23. The lowest BCUT2D eigenvalue weighted by atomic mass is 10.0. The summed E-state index contributed by atoms with van der Waals surface area (Å²) in [7, 11) is 0. The minimum Gasteiger partial charge on any atom is -0.481 e. The SMILES string of the molecule is CC1O[C@@H](O[C@H](C)CCCCC(=O)O)[C@@H](O)C[C@H]1O. The van der Waals surface area contributed by atoms with Crippen molar-refractivity contribution < 1.29 is 29.6 Å². The number of hydrogen-bond acceptors (Lipinski definition) is 5. The average molecular weight is 276 g/mol. The fraction of sp³-hybridized carbons (Fsp3) is 0.923. The van der Waals surface area contributed by atoms with Crippen molar-refractivity contribution in [2.45, 2.75) is 76.7 Å². The molecule has 3 N–H and O–H groups in total. The van der Waals surface area contributed by atoms with E-state index in [0.717, 1.165) is 12.8 Å². The number of aliphatic hydroxyl groups is 2. The van der Waals surface area contributed by atoms with Crippen LogP contribution >= 0.6 is 0 Å². The van der Waals surface area contributed by atoms with Crippen LogP contribution in [-0.4, -0.2) is 52.0 Å². The summed E-state index contributed by atoms with van der Waals surface area (Å²) in [6.07, 6.45) is -0.169. The van der Waals surface area contributed by atoms with Crippen molar-refractivity contribution in [1.29, 1.82) is 0 Å². The maximum absolute atomic E-state index is 10.4. The number of carboxylic acid groups (broad SMARTS) is 1. The van der Waals surface area contributed by atoms with Crippen LogP contribution in [0, 0.1) is 0 Å². The van der Waals surface area contributed by atoms with Gasteiger partial charge in [0, 0.05) is 12.8 Å². The molecule has 6 heteroatoms. The van der Waals surface area contributed by atoms with Gasteiger partial charge in [0.15, 0.2) is 6.29 Å². The maximum atomic E-state index is 10.4. The molecule has 0 aromatic rings. The van der Waals surface area contributed by atoms with Gasteiger partial charge in [0.05, 0.1) is 18.3 Å². The Morgan fingerprint density at radius 2 is 2.05 bits per heavy atom. The zero-order chi connectivity index (χ0) is 14.4. The van der Waals surface area contributed by atoms with Gasteiger partial charge in [0.2, 0.25) is 0 Å². The van der Waals surface area contributed by atoms with Crippen LogP contribution in [0.2, 0.25) is 0 Å². The minimum atomic E-state index is -0.826. The predicted octanol–water partition coefficient (Wildman–Crippen LogP) is 0.893. The van der Waals surface area contributed by atoms with Gasteiger partial charge in [-0.05, 0) is 26.7 Å². The lowest BCUT2D eigenvalue weighted by Crippen LogP contribution is -2.48. The van der Waals surface area contributed by atoms with E-state index < -0.39 is 24.5 Å². The number of aliphatic carboxylic acids is 1. The third kappa shape index (κ3) is 5.86. The van der Waals surface area contributed by atoms with Crippen LogP contribution in [0.1, 0.15) is 46.0 Å². The Kier molecular flexibility index (Phi) is 6.71. The van der Waals surface area contributed by atoms with Crippen LogP contribution in [-0.2, 0) is 14.3 Å². The molecule has 0 radical (unpaired) electrons. The second kappa shape index (κ2) is 7.79. The predicted molar refractivity (Wildman–Crippen MR) is 67.6 cm³/mol. The third-order valence-electron chi connectivity index (χ3n) is 3.31. The van der Waals surface area contributed by atoms with Crippen LogP contribution < -0.4 is 0 Å². The molecule has 0 bridgehead atoms. The molecule has 19 heavy (non-hydrogen) atoms. The van der Waals surface area contributed by atoms with Crippen molar-refractivity contribution in [3.63, 3.8) is 0 Å². The molecule has 0 saturated carbocycles. The molecule has 0 aromatic carbocycles. The minimum absolute atomic E-state index is 0.115. The van der Waals surface area contributed by atoms with E-state index in [2.05, 4.69) is 0 Å². The summed E-state index contributed by atoms with van der Waals surface area (Å²) in [5, 5.41) is 27.8. The molecule has 1 fully saturated rings. The Hall–Kier alpha value is -0.690. The summed E-state index contributed by atoms with van der Waals surface area (Å²) >= 11 is 0. The molecule has 0 aromatic heterocycles. The summed E-state index contributed by atoms with van der Waals surface area (Å²) in [5.41, 5.74) is 0. The zero-order valence-electron chi connectivity index (χ0n) is 11.5. The van der Waals surface area contributed by atoms with Gasteiger partial charge in [-0.1, -0.05) is 6.42 Å². The van der Waals surface area contributed by atoms with E-state index in [4.69, 9.17) is 14.6 Å². The van der Waals surface area contributed by atoms with Crippen molar-refractivity contribution in [3.8, 4) is 0 Å². The first kappa shape index (κ1) is 16.4. The highest BCUT2D eigenvalue weighted by molar-refractivity contribution is 5.66. The molecule has 1 aliphatic rings. The summed E-state index contributed by atoms with van der Waals surface area (Å²) in [6, 6.07) is 0. The van der Waals surface area contributed by atoms with E-state index in [1.165, 1.54) is 0 Å². The molecular weight excluding hydrogens is 252 g/mol. The molecule has 0 aliphatic carbocycles. The first-order valence-electron chi connectivity index (χ1n) is 6.79. The van der Waals surface area contributed by atoms with Crippen molar-refractivity contribution >= 4 is 5.97 Å². The molecule has 112 valence electrons. The van der Waals surface area contributed by atoms with Crippen LogP contribution in [0.15, 0.2) is 0 Å². The molecule has 1 heterocycles. The normalized spacial score (nSPS) is 33.1. The topological polar surface area (TPSA) is 96.2 Å². The largest absolute Gasteiger partial charge is 0.481 e. The Bertz CT molecular complexity index is 282. The maximum Gasteiger partial charge on any atom is 0.303 e. The lowest BCUT2D eigenvalue weighted by molar-refractivity contribution is -0.273. The first-order chi connectivity index (χ1) is 8.90. The van der Waals surface area contributed by atoms with E-state index in [1.54, 1.807) is 6.92 Å². The third-order valence-corrected chi connectivity index (χ3v) is 3.31. The van der Waals surface area contributed by atoms with E-state index in [0.29, 0.717) is 6.42 Å².